The van der Waals surface area contributed by atoms with E-state index in [4.69, 9.17) is 0 Å². The molecule has 1 aliphatic heterocycles. The van der Waals surface area contributed by atoms with Crippen LogP contribution in [0.5, 0.6) is 0 Å². The first-order chi connectivity index (χ1) is 13.4. The van der Waals surface area contributed by atoms with Gasteiger partial charge in [0.15, 0.2) is 5.78 Å². The Bertz CT molecular complexity index is 1150. The van der Waals surface area contributed by atoms with Gasteiger partial charge in [-0.3, -0.25) is 14.6 Å². The van der Waals surface area contributed by atoms with Gasteiger partial charge in [-0.15, -0.1) is 0 Å². The van der Waals surface area contributed by atoms with Gasteiger partial charge in [-0.05, 0) is 50.5 Å². The zero-order chi connectivity index (χ0) is 19.6. The summed E-state index contributed by atoms with van der Waals surface area (Å²) in [6, 6.07) is 12.1. The fraction of sp³-hybridized carbons (Fsp3) is 0.261. The molecule has 140 valence electrons. The van der Waals surface area contributed by atoms with Crippen LogP contribution in [0.15, 0.2) is 48.8 Å². The molecule has 2 aromatic heterocycles. The smallest absolute Gasteiger partial charge is 0.271 e. The molecular weight excluding hydrogens is 350 g/mol. The minimum absolute atomic E-state index is 0.0414. The molecule has 1 amide bonds. The maximum absolute atomic E-state index is 13.2. The third-order valence-electron chi connectivity index (χ3n) is 6.19. The Morgan fingerprint density at radius 1 is 1.18 bits per heavy atom. The molecule has 3 aromatic rings. The number of ketones is 1. The van der Waals surface area contributed by atoms with E-state index in [0.717, 1.165) is 40.9 Å². The lowest BCUT2D eigenvalue weighted by Gasteiger charge is -2.27. The van der Waals surface area contributed by atoms with Crippen LogP contribution in [0.25, 0.3) is 16.8 Å². The highest BCUT2D eigenvalue weighted by Gasteiger charge is 2.53. The standard InChI is InChI=1S/C23H21N3O2/c1-14-18(5-4-10-24-14)16-6-7-19-20(11-16)26-13-17(15(2)27)12-21(26)22(28)25(3)23(19)8-9-23/h4-7,10-13H,8-9H2,1-3H3. The molecule has 2 aliphatic rings. The highest BCUT2D eigenvalue weighted by atomic mass is 16.2. The van der Waals surface area contributed by atoms with Gasteiger partial charge in [0.05, 0.1) is 11.2 Å². The monoisotopic (exact) mass is 371 g/mol. The van der Waals surface area contributed by atoms with Crippen molar-refractivity contribution in [2.75, 3.05) is 7.05 Å². The minimum Gasteiger partial charge on any atom is -0.331 e. The zero-order valence-corrected chi connectivity index (χ0v) is 16.2. The number of fused-ring (bicyclic) bond motifs is 4. The van der Waals surface area contributed by atoms with E-state index in [9.17, 15) is 9.59 Å². The van der Waals surface area contributed by atoms with Crippen LogP contribution in [-0.2, 0) is 5.54 Å². The molecule has 1 saturated carbocycles. The van der Waals surface area contributed by atoms with Crippen LogP contribution in [-0.4, -0.2) is 33.2 Å². The lowest BCUT2D eigenvalue weighted by Crippen LogP contribution is -2.36. The van der Waals surface area contributed by atoms with Crippen LogP contribution < -0.4 is 0 Å². The number of amides is 1. The van der Waals surface area contributed by atoms with Gasteiger partial charge in [0.25, 0.3) is 5.91 Å². The number of carbonyl (C=O) groups is 2. The van der Waals surface area contributed by atoms with Gasteiger partial charge in [-0.1, -0.05) is 18.2 Å². The van der Waals surface area contributed by atoms with Crippen LogP contribution in [0.3, 0.4) is 0 Å². The lowest BCUT2D eigenvalue weighted by atomic mass is 9.96. The topological polar surface area (TPSA) is 55.2 Å². The number of carbonyl (C=O) groups excluding carboxylic acids is 2. The summed E-state index contributed by atoms with van der Waals surface area (Å²) < 4.78 is 1.90. The molecule has 0 N–H and O–H groups in total. The first-order valence-corrected chi connectivity index (χ1v) is 9.51. The van der Waals surface area contributed by atoms with E-state index < -0.39 is 0 Å². The molecule has 0 radical (unpaired) electrons. The molecule has 0 saturated heterocycles. The predicted octanol–water partition coefficient (Wildman–Crippen LogP) is 4.13. The van der Waals surface area contributed by atoms with Crippen molar-refractivity contribution in [3.63, 3.8) is 0 Å². The maximum atomic E-state index is 13.2. The average molecular weight is 371 g/mol. The molecule has 3 heterocycles. The Morgan fingerprint density at radius 3 is 2.64 bits per heavy atom. The molecule has 0 atom stereocenters. The van der Waals surface area contributed by atoms with Crippen LogP contribution in [0, 0.1) is 6.92 Å². The third-order valence-corrected chi connectivity index (χ3v) is 6.19. The number of aromatic nitrogens is 2. The fourth-order valence-corrected chi connectivity index (χ4v) is 4.37. The van der Waals surface area contributed by atoms with Crippen molar-refractivity contribution in [3.05, 3.63) is 71.3 Å². The summed E-state index contributed by atoms with van der Waals surface area (Å²) in [5.74, 6) is -0.0849. The average Bonchev–Trinajstić information content (AvgIpc) is 3.38. The first-order valence-electron chi connectivity index (χ1n) is 9.51. The summed E-state index contributed by atoms with van der Waals surface area (Å²) in [5.41, 5.74) is 6.04. The normalized spacial score (nSPS) is 16.5. The van der Waals surface area contributed by atoms with Gasteiger partial charge in [0.1, 0.15) is 5.69 Å². The predicted molar refractivity (Wildman–Crippen MR) is 107 cm³/mol. The van der Waals surface area contributed by atoms with Crippen LogP contribution in [0.4, 0.5) is 0 Å². The zero-order valence-electron chi connectivity index (χ0n) is 16.2. The highest BCUT2D eigenvalue weighted by molar-refractivity contribution is 6.01. The Kier molecular flexibility index (Phi) is 3.41. The van der Waals surface area contributed by atoms with Crippen molar-refractivity contribution in [1.82, 2.24) is 14.5 Å². The molecular formula is C23H21N3O2. The Hall–Kier alpha value is -3.21. The number of hydrogen-bond acceptors (Lipinski definition) is 3. The van der Waals surface area contributed by atoms with Crippen LogP contribution in [0.2, 0.25) is 0 Å². The van der Waals surface area contributed by atoms with Crippen molar-refractivity contribution in [1.29, 1.82) is 0 Å². The summed E-state index contributed by atoms with van der Waals surface area (Å²) in [6.45, 7) is 3.53. The van der Waals surface area contributed by atoms with E-state index in [-0.39, 0.29) is 17.2 Å². The molecule has 0 unspecified atom stereocenters. The molecule has 1 aromatic carbocycles. The summed E-state index contributed by atoms with van der Waals surface area (Å²) in [5, 5.41) is 0. The Labute approximate surface area is 163 Å². The van der Waals surface area contributed by atoms with Gasteiger partial charge in [-0.2, -0.15) is 0 Å². The number of nitrogens with zero attached hydrogens (tertiary/aromatic N) is 3. The summed E-state index contributed by atoms with van der Waals surface area (Å²) in [4.78, 5) is 31.4. The molecule has 0 bridgehead atoms. The summed E-state index contributed by atoms with van der Waals surface area (Å²) >= 11 is 0. The van der Waals surface area contributed by atoms with Gasteiger partial charge in [0.2, 0.25) is 0 Å². The second-order valence-electron chi connectivity index (χ2n) is 7.80. The number of aryl methyl sites for hydroxylation is 1. The fourth-order valence-electron chi connectivity index (χ4n) is 4.37. The van der Waals surface area contributed by atoms with Gasteiger partial charge < -0.3 is 9.47 Å². The van der Waals surface area contributed by atoms with E-state index in [2.05, 4.69) is 29.2 Å². The largest absolute Gasteiger partial charge is 0.331 e. The lowest BCUT2D eigenvalue weighted by molar-refractivity contribution is 0.0705. The molecule has 5 heteroatoms. The number of benzene rings is 1. The van der Waals surface area contributed by atoms with E-state index in [1.54, 1.807) is 18.5 Å². The molecule has 1 spiro atoms. The van der Waals surface area contributed by atoms with Crippen LogP contribution >= 0.6 is 0 Å². The van der Waals surface area contributed by atoms with Gasteiger partial charge in [0, 0.05) is 41.8 Å². The molecule has 28 heavy (non-hydrogen) atoms. The van der Waals surface area contributed by atoms with Crippen molar-refractivity contribution in [3.8, 4) is 16.8 Å². The van der Waals surface area contributed by atoms with Crippen molar-refractivity contribution >= 4 is 11.7 Å². The van der Waals surface area contributed by atoms with E-state index in [1.165, 1.54) is 6.92 Å². The van der Waals surface area contributed by atoms with Crippen molar-refractivity contribution < 1.29 is 9.59 Å². The summed E-state index contributed by atoms with van der Waals surface area (Å²) in [6.07, 6.45) is 5.50. The van der Waals surface area contributed by atoms with Crippen LogP contribution in [0.1, 0.15) is 51.9 Å². The van der Waals surface area contributed by atoms with E-state index >= 15 is 0 Å². The SMILES string of the molecule is CC(=O)c1cc2n(c1)-c1cc(-c3cccnc3C)ccc1C1(CC1)N(C)C2=O. The first kappa shape index (κ1) is 16.9. The number of hydrogen-bond donors (Lipinski definition) is 0. The number of rotatable bonds is 2. The van der Waals surface area contributed by atoms with Crippen molar-refractivity contribution in [2.24, 2.45) is 0 Å². The summed E-state index contributed by atoms with van der Waals surface area (Å²) in [7, 11) is 1.87. The highest BCUT2D eigenvalue weighted by Crippen LogP contribution is 2.54. The second kappa shape index (κ2) is 5.64. The minimum atomic E-state index is -0.246. The van der Waals surface area contributed by atoms with Gasteiger partial charge >= 0.3 is 0 Å². The number of pyridine rings is 1. The molecule has 5 nitrogen and oxygen atoms in total. The second-order valence-corrected chi connectivity index (χ2v) is 7.80. The molecule has 1 aliphatic carbocycles. The Morgan fingerprint density at radius 2 is 1.96 bits per heavy atom. The van der Waals surface area contributed by atoms with E-state index in [0.29, 0.717) is 11.3 Å². The van der Waals surface area contributed by atoms with E-state index in [1.807, 2.05) is 29.5 Å². The molecule has 5 rings (SSSR count). The third kappa shape index (κ3) is 2.22. The molecule has 1 fully saturated rings. The Balaban J connectivity index is 1.80. The van der Waals surface area contributed by atoms with Crippen molar-refractivity contribution in [2.45, 2.75) is 32.2 Å². The quantitative estimate of drug-likeness (QED) is 0.637. The maximum Gasteiger partial charge on any atom is 0.271 e. The number of Topliss-reactive ketones (excluding diaryl/α,β-unsaturated/α-hetero) is 1. The van der Waals surface area contributed by atoms with Gasteiger partial charge in [-0.25, -0.2) is 0 Å².